The maximum atomic E-state index is 2.17. The molecule has 0 heterocycles. The SMILES string of the molecule is CC(C)C.[Fe]. The van der Waals surface area contributed by atoms with E-state index in [1.807, 2.05) is 0 Å². The van der Waals surface area contributed by atoms with E-state index >= 15 is 0 Å². The molecule has 0 rings (SSSR count). The third-order valence-electron chi connectivity index (χ3n) is 0. The minimum atomic E-state index is 0. The smallest absolute Gasteiger partial charge is 0 e. The second-order valence-corrected chi connectivity index (χ2v) is 1.73. The number of rotatable bonds is 0. The molecule has 0 nitrogen and oxygen atoms in total. The molecule has 0 saturated carbocycles. The summed E-state index contributed by atoms with van der Waals surface area (Å²) in [7, 11) is 0. The summed E-state index contributed by atoms with van der Waals surface area (Å²) in [4.78, 5) is 0. The molecule has 0 aliphatic carbocycles. The molecule has 0 fully saturated rings. The molecule has 5 heavy (non-hydrogen) atoms. The molecule has 0 N–H and O–H groups in total. The van der Waals surface area contributed by atoms with Crippen LogP contribution in [-0.4, -0.2) is 0 Å². The first-order chi connectivity index (χ1) is 1.73. The summed E-state index contributed by atoms with van der Waals surface area (Å²) in [6.07, 6.45) is 0. The molecule has 0 aromatic carbocycles. The summed E-state index contributed by atoms with van der Waals surface area (Å²) in [6, 6.07) is 0. The van der Waals surface area contributed by atoms with Gasteiger partial charge in [-0.15, -0.1) is 0 Å². The average Bonchev–Trinajstić information content (AvgIpc) is 0.811. The summed E-state index contributed by atoms with van der Waals surface area (Å²) in [6.45, 7) is 6.50. The van der Waals surface area contributed by atoms with Crippen LogP contribution in [0.3, 0.4) is 0 Å². The first-order valence-corrected chi connectivity index (χ1v) is 1.73. The molecular formula is C4H10Fe. The number of hydrogen-bond donors (Lipinski definition) is 0. The van der Waals surface area contributed by atoms with Crippen LogP contribution < -0.4 is 0 Å². The van der Waals surface area contributed by atoms with Crippen molar-refractivity contribution in [3.63, 3.8) is 0 Å². The van der Waals surface area contributed by atoms with Gasteiger partial charge in [0.15, 0.2) is 0 Å². The van der Waals surface area contributed by atoms with E-state index in [2.05, 4.69) is 20.8 Å². The molecule has 0 saturated heterocycles. The normalized spacial score (nSPS) is 7.20. The molecule has 0 radical (unpaired) electrons. The van der Waals surface area contributed by atoms with Gasteiger partial charge in [0.1, 0.15) is 0 Å². The molecular weight excluding hydrogens is 104 g/mol. The molecule has 1 heteroatoms. The summed E-state index contributed by atoms with van der Waals surface area (Å²) >= 11 is 0. The maximum absolute atomic E-state index is 2.17. The number of hydrogen-bond acceptors (Lipinski definition) is 0. The monoisotopic (exact) mass is 114 g/mol. The van der Waals surface area contributed by atoms with Crippen molar-refractivity contribution in [3.8, 4) is 0 Å². The fourth-order valence-corrected chi connectivity index (χ4v) is 0. The molecule has 34 valence electrons. The standard InChI is InChI=1S/C4H10.Fe/c1-4(2)3;/h4H,1-3H3;. The van der Waals surface area contributed by atoms with Crippen LogP contribution in [0.4, 0.5) is 0 Å². The van der Waals surface area contributed by atoms with Crippen molar-refractivity contribution in [1.82, 2.24) is 0 Å². The molecule has 0 aromatic rings. The van der Waals surface area contributed by atoms with E-state index in [0.29, 0.717) is 0 Å². The van der Waals surface area contributed by atoms with E-state index in [-0.39, 0.29) is 17.1 Å². The molecule has 0 aliphatic rings. The van der Waals surface area contributed by atoms with Crippen LogP contribution in [0.2, 0.25) is 0 Å². The molecule has 0 atom stereocenters. The van der Waals surface area contributed by atoms with Crippen LogP contribution in [0.1, 0.15) is 20.8 Å². The Balaban J connectivity index is 0. The first-order valence-electron chi connectivity index (χ1n) is 1.73. The van der Waals surface area contributed by atoms with E-state index in [1.54, 1.807) is 0 Å². The summed E-state index contributed by atoms with van der Waals surface area (Å²) in [5.41, 5.74) is 0. The zero-order valence-corrected chi connectivity index (χ0v) is 5.04. The van der Waals surface area contributed by atoms with E-state index in [0.717, 1.165) is 5.92 Å². The van der Waals surface area contributed by atoms with Gasteiger partial charge in [-0.25, -0.2) is 0 Å². The van der Waals surface area contributed by atoms with Crippen molar-refractivity contribution in [2.45, 2.75) is 20.8 Å². The summed E-state index contributed by atoms with van der Waals surface area (Å²) in [5, 5.41) is 0. The average molecular weight is 114 g/mol. The zero-order valence-electron chi connectivity index (χ0n) is 3.93. The van der Waals surface area contributed by atoms with E-state index in [9.17, 15) is 0 Å². The Morgan fingerprint density at radius 1 is 1.00 bits per heavy atom. The third-order valence-corrected chi connectivity index (χ3v) is 0. The Labute approximate surface area is 44.4 Å². The van der Waals surface area contributed by atoms with Gasteiger partial charge in [-0.1, -0.05) is 20.8 Å². The summed E-state index contributed by atoms with van der Waals surface area (Å²) in [5.74, 6) is 0.833. The van der Waals surface area contributed by atoms with Crippen LogP contribution in [0.15, 0.2) is 0 Å². The Kier molecular flexibility index (Phi) is 8.23. The fraction of sp³-hybridized carbons (Fsp3) is 1.00. The molecule has 0 unspecified atom stereocenters. The Bertz CT molecular complexity index is 8.36. The minimum absolute atomic E-state index is 0. The Morgan fingerprint density at radius 2 is 1.00 bits per heavy atom. The van der Waals surface area contributed by atoms with Gasteiger partial charge in [-0.2, -0.15) is 0 Å². The second kappa shape index (κ2) is 4.52. The van der Waals surface area contributed by atoms with Crippen LogP contribution in [0.25, 0.3) is 0 Å². The van der Waals surface area contributed by atoms with Crippen molar-refractivity contribution >= 4 is 0 Å². The van der Waals surface area contributed by atoms with Crippen molar-refractivity contribution in [3.05, 3.63) is 0 Å². The van der Waals surface area contributed by atoms with Crippen molar-refractivity contribution in [2.24, 2.45) is 5.92 Å². The molecule has 0 aliphatic heterocycles. The first kappa shape index (κ1) is 9.10. The van der Waals surface area contributed by atoms with Crippen molar-refractivity contribution in [1.29, 1.82) is 0 Å². The quantitative estimate of drug-likeness (QED) is 0.420. The molecule has 0 aromatic heterocycles. The van der Waals surface area contributed by atoms with E-state index in [1.165, 1.54) is 0 Å². The van der Waals surface area contributed by atoms with Gasteiger partial charge in [0.05, 0.1) is 0 Å². The summed E-state index contributed by atoms with van der Waals surface area (Å²) < 4.78 is 0. The largest absolute Gasteiger partial charge is 0.0630 e. The second-order valence-electron chi connectivity index (χ2n) is 1.73. The predicted molar refractivity (Wildman–Crippen MR) is 20.5 cm³/mol. The predicted octanol–water partition coefficient (Wildman–Crippen LogP) is 1.66. The van der Waals surface area contributed by atoms with Crippen molar-refractivity contribution in [2.75, 3.05) is 0 Å². The van der Waals surface area contributed by atoms with Crippen LogP contribution in [0, 0.1) is 5.92 Å². The van der Waals surface area contributed by atoms with Crippen molar-refractivity contribution < 1.29 is 17.1 Å². The van der Waals surface area contributed by atoms with Gasteiger partial charge in [-0.05, 0) is 5.92 Å². The van der Waals surface area contributed by atoms with Crippen LogP contribution in [-0.2, 0) is 17.1 Å². The van der Waals surface area contributed by atoms with Gasteiger partial charge in [-0.3, -0.25) is 0 Å². The van der Waals surface area contributed by atoms with E-state index < -0.39 is 0 Å². The molecule has 0 spiro atoms. The fourth-order valence-electron chi connectivity index (χ4n) is 0. The third kappa shape index (κ3) is 106. The Hall–Kier alpha value is 0.519. The van der Waals surface area contributed by atoms with Gasteiger partial charge >= 0.3 is 0 Å². The topological polar surface area (TPSA) is 0 Å². The maximum Gasteiger partial charge on any atom is 0 e. The van der Waals surface area contributed by atoms with Gasteiger partial charge in [0.2, 0.25) is 0 Å². The zero-order chi connectivity index (χ0) is 3.58. The van der Waals surface area contributed by atoms with Crippen LogP contribution in [0.5, 0.6) is 0 Å². The molecule has 0 bridgehead atoms. The van der Waals surface area contributed by atoms with Gasteiger partial charge in [0.25, 0.3) is 0 Å². The van der Waals surface area contributed by atoms with Gasteiger partial charge < -0.3 is 0 Å². The van der Waals surface area contributed by atoms with Crippen LogP contribution >= 0.6 is 0 Å². The molecule has 0 amide bonds. The van der Waals surface area contributed by atoms with Gasteiger partial charge in [0, 0.05) is 17.1 Å². The minimum Gasteiger partial charge on any atom is -0.0630 e. The van der Waals surface area contributed by atoms with E-state index in [4.69, 9.17) is 0 Å². The Morgan fingerprint density at radius 3 is 1.00 bits per heavy atom.